The van der Waals surface area contributed by atoms with Crippen molar-refractivity contribution in [2.75, 3.05) is 25.5 Å². The molecule has 2 unspecified atom stereocenters. The number of nitrogens with one attached hydrogen (secondary N) is 3. The lowest BCUT2D eigenvalue weighted by molar-refractivity contribution is 0.0278. The molecular weight excluding hydrogens is 509 g/mol. The van der Waals surface area contributed by atoms with Gasteiger partial charge in [-0.05, 0) is 50.6 Å². The molecule has 2 aromatic carbocycles. The maximum atomic E-state index is 12.0. The van der Waals surface area contributed by atoms with Gasteiger partial charge in [0.2, 0.25) is 0 Å². The minimum absolute atomic E-state index is 0.304. The Balaban J connectivity index is 1.99. The second-order valence-corrected chi connectivity index (χ2v) is 9.49. The Morgan fingerprint density at radius 3 is 2.31 bits per heavy atom. The smallest absolute Gasteiger partial charge is 0.410 e. The molecule has 2 atom stereocenters. The zero-order valence-corrected chi connectivity index (χ0v) is 22.1. The Bertz CT molecular complexity index is 1010. The molecule has 0 aliphatic heterocycles. The molecule has 0 aromatic heterocycles. The molecule has 198 valence electrons. The quantitative estimate of drug-likeness (QED) is 0.108. The maximum Gasteiger partial charge on any atom is 0.410 e. The molecule has 0 aliphatic carbocycles. The molecule has 0 saturated heterocycles. The van der Waals surface area contributed by atoms with Crippen LogP contribution in [0.4, 0.5) is 10.5 Å². The van der Waals surface area contributed by atoms with Crippen molar-refractivity contribution in [1.29, 1.82) is 0 Å². The van der Waals surface area contributed by atoms with Crippen LogP contribution in [0.15, 0.2) is 46.7 Å². The van der Waals surface area contributed by atoms with Crippen molar-refractivity contribution in [3.05, 3.63) is 46.4 Å². The van der Waals surface area contributed by atoms with E-state index in [2.05, 4.69) is 26.4 Å². The number of rotatable bonds is 11. The summed E-state index contributed by atoms with van der Waals surface area (Å²) in [5, 5.41) is 13.4. The van der Waals surface area contributed by atoms with Gasteiger partial charge in [-0.25, -0.2) is 15.5 Å². The van der Waals surface area contributed by atoms with Gasteiger partial charge in [0, 0.05) is 18.3 Å². The van der Waals surface area contributed by atoms with E-state index in [0.717, 1.165) is 5.56 Å². The lowest BCUT2D eigenvalue weighted by atomic mass is 10.0. The largest absolute Gasteiger partial charge is 0.492 e. The highest BCUT2D eigenvalue weighted by Gasteiger charge is 2.19. The summed E-state index contributed by atoms with van der Waals surface area (Å²) in [4.78, 5) is 13.5. The first-order valence-corrected chi connectivity index (χ1v) is 11.7. The van der Waals surface area contributed by atoms with E-state index < -0.39 is 24.3 Å². The molecule has 2 aromatic rings. The zero-order chi connectivity index (χ0) is 26.9. The number of carbonyl (C=O) groups is 1. The number of hydrogen-bond donors (Lipinski definition) is 6. The average molecular weight is 542 g/mol. The minimum Gasteiger partial charge on any atom is -0.492 e. The third-order valence-corrected chi connectivity index (χ3v) is 5.18. The number of carbonyl (C=O) groups excluding carboxylic acids is 1. The SMILES string of the molecule is CN(CCOc1ccc(-c2c(Cl)cc(NC(N)NC(N=NN)NN)cc2Cl)cc1)C(=O)OC(C)(C)C. The number of likely N-dealkylation sites (N-methyl/N-ethyl adjacent to an activating group) is 1. The molecule has 0 saturated carbocycles. The molecule has 9 N–H and O–H groups in total. The highest BCUT2D eigenvalue weighted by molar-refractivity contribution is 6.39. The summed E-state index contributed by atoms with van der Waals surface area (Å²) in [6.45, 7) is 6.13. The van der Waals surface area contributed by atoms with Crippen LogP contribution in [0.2, 0.25) is 10.0 Å². The van der Waals surface area contributed by atoms with E-state index in [1.165, 1.54) is 4.90 Å². The molecule has 36 heavy (non-hydrogen) atoms. The van der Waals surface area contributed by atoms with Crippen molar-refractivity contribution in [3.8, 4) is 16.9 Å². The van der Waals surface area contributed by atoms with E-state index >= 15 is 0 Å². The number of ether oxygens (including phenoxy) is 2. The van der Waals surface area contributed by atoms with E-state index in [-0.39, 0.29) is 0 Å². The molecule has 1 amide bonds. The molecular formula is C22H33Cl2N9O3. The summed E-state index contributed by atoms with van der Waals surface area (Å²) < 4.78 is 11.1. The topological polar surface area (TPSA) is 178 Å². The second-order valence-electron chi connectivity index (χ2n) is 8.68. The first-order chi connectivity index (χ1) is 16.9. The van der Waals surface area contributed by atoms with Crippen LogP contribution in [0.5, 0.6) is 5.75 Å². The van der Waals surface area contributed by atoms with E-state index in [1.54, 1.807) is 31.3 Å². The van der Waals surface area contributed by atoms with Crippen molar-refractivity contribution < 1.29 is 14.3 Å². The number of nitrogens with two attached hydrogens (primary N) is 3. The summed E-state index contributed by atoms with van der Waals surface area (Å²) in [6.07, 6.45) is -1.96. The van der Waals surface area contributed by atoms with E-state index in [9.17, 15) is 4.79 Å². The molecule has 0 heterocycles. The number of hydrazine groups is 1. The van der Waals surface area contributed by atoms with Crippen molar-refractivity contribution in [2.45, 2.75) is 39.0 Å². The van der Waals surface area contributed by atoms with Crippen LogP contribution >= 0.6 is 23.2 Å². The van der Waals surface area contributed by atoms with Gasteiger partial charge < -0.3 is 25.5 Å². The van der Waals surface area contributed by atoms with E-state index in [0.29, 0.717) is 40.2 Å². The number of anilines is 1. The Labute approximate surface area is 220 Å². The fraction of sp³-hybridized carbons (Fsp3) is 0.409. The zero-order valence-electron chi connectivity index (χ0n) is 20.6. The van der Waals surface area contributed by atoms with Gasteiger partial charge in [-0.2, -0.15) is 0 Å². The van der Waals surface area contributed by atoms with Crippen LogP contribution in [-0.4, -0.2) is 49.4 Å². The van der Waals surface area contributed by atoms with Gasteiger partial charge in [0.25, 0.3) is 0 Å². The normalized spacial score (nSPS) is 13.3. The number of halogens is 2. The van der Waals surface area contributed by atoms with Gasteiger partial charge in [0.15, 0.2) is 6.29 Å². The third kappa shape index (κ3) is 9.30. The van der Waals surface area contributed by atoms with Gasteiger partial charge in [0.05, 0.1) is 16.6 Å². The monoisotopic (exact) mass is 541 g/mol. The van der Waals surface area contributed by atoms with Gasteiger partial charge >= 0.3 is 6.09 Å². The van der Waals surface area contributed by atoms with Crippen LogP contribution in [0, 0.1) is 0 Å². The first-order valence-electron chi connectivity index (χ1n) is 10.9. The predicted molar refractivity (Wildman–Crippen MR) is 141 cm³/mol. The highest BCUT2D eigenvalue weighted by Crippen LogP contribution is 2.38. The van der Waals surface area contributed by atoms with Crippen molar-refractivity contribution in [3.63, 3.8) is 0 Å². The van der Waals surface area contributed by atoms with Crippen LogP contribution < -0.4 is 38.2 Å². The van der Waals surface area contributed by atoms with E-state index in [4.69, 9.17) is 50.1 Å². The first kappa shape index (κ1) is 29.4. The number of benzene rings is 2. The van der Waals surface area contributed by atoms with Crippen molar-refractivity contribution >= 4 is 35.0 Å². The molecule has 0 bridgehead atoms. The highest BCUT2D eigenvalue weighted by atomic mass is 35.5. The summed E-state index contributed by atoms with van der Waals surface area (Å²) in [5.74, 6) is 11.0. The minimum atomic E-state index is -0.791. The fourth-order valence-corrected chi connectivity index (χ4v) is 3.66. The van der Waals surface area contributed by atoms with E-state index in [1.807, 2.05) is 32.9 Å². The van der Waals surface area contributed by atoms with Crippen molar-refractivity contribution in [2.24, 2.45) is 27.8 Å². The fourth-order valence-electron chi connectivity index (χ4n) is 2.95. The standard InChI is InChI=1S/C22H33Cl2N9O3/c1-22(2,3)36-21(34)33(4)9-10-35-15-7-5-13(6-8-15)18-16(23)11-14(12-17(18)24)28-19(25)29-20(30-26)31-32-27/h5-8,11-12,19-20,28-30H,9-10,25-26H2,1-4H3,(H2,27,31). The predicted octanol–water partition coefficient (Wildman–Crippen LogP) is 3.22. The van der Waals surface area contributed by atoms with Gasteiger partial charge in [0.1, 0.15) is 24.2 Å². The Morgan fingerprint density at radius 1 is 1.17 bits per heavy atom. The van der Waals surface area contributed by atoms with Gasteiger partial charge in [-0.3, -0.25) is 11.6 Å². The summed E-state index contributed by atoms with van der Waals surface area (Å²) in [6, 6.07) is 10.7. The molecule has 0 radical (unpaired) electrons. The van der Waals surface area contributed by atoms with Crippen LogP contribution in [0.1, 0.15) is 20.8 Å². The Kier molecular flexibility index (Phi) is 11.0. The summed E-state index contributed by atoms with van der Waals surface area (Å²) in [7, 11) is 1.66. The molecule has 14 heteroatoms. The van der Waals surface area contributed by atoms with Gasteiger partial charge in [-0.15, -0.1) is 5.11 Å². The average Bonchev–Trinajstić information content (AvgIpc) is 2.78. The summed E-state index contributed by atoms with van der Waals surface area (Å²) in [5.41, 5.74) is 9.82. The lowest BCUT2D eigenvalue weighted by Crippen LogP contribution is -2.55. The third-order valence-electron chi connectivity index (χ3n) is 4.59. The molecule has 0 spiro atoms. The van der Waals surface area contributed by atoms with Crippen molar-refractivity contribution in [1.82, 2.24) is 15.6 Å². The molecule has 0 fully saturated rings. The van der Waals surface area contributed by atoms with Crippen LogP contribution in [0.3, 0.4) is 0 Å². The molecule has 12 nitrogen and oxygen atoms in total. The number of amides is 1. The number of nitrogens with zero attached hydrogens (tertiary/aromatic N) is 3. The molecule has 2 rings (SSSR count). The maximum absolute atomic E-state index is 12.0. The second kappa shape index (κ2) is 13.4. The summed E-state index contributed by atoms with van der Waals surface area (Å²) >= 11 is 13.0. The Hall–Kier alpha value is -2.87. The van der Waals surface area contributed by atoms with Crippen LogP contribution in [0.25, 0.3) is 11.1 Å². The van der Waals surface area contributed by atoms with Crippen LogP contribution in [-0.2, 0) is 4.74 Å². The lowest BCUT2D eigenvalue weighted by Gasteiger charge is -2.24. The molecule has 0 aliphatic rings. The van der Waals surface area contributed by atoms with Gasteiger partial charge in [-0.1, -0.05) is 40.6 Å². The Morgan fingerprint density at radius 2 is 1.78 bits per heavy atom. The number of hydrogen-bond acceptors (Lipinski definition) is 10.